The van der Waals surface area contributed by atoms with E-state index >= 15 is 0 Å². The van der Waals surface area contributed by atoms with Crippen molar-refractivity contribution in [2.24, 2.45) is 5.10 Å². The predicted molar refractivity (Wildman–Crippen MR) is 103 cm³/mol. The molecule has 5 rings (SSSR count). The molecule has 0 fully saturated rings. The van der Waals surface area contributed by atoms with Crippen molar-refractivity contribution in [1.29, 1.82) is 0 Å². The molecule has 2 aliphatic heterocycles. The van der Waals surface area contributed by atoms with Gasteiger partial charge in [-0.1, -0.05) is 25.5 Å². The molecule has 0 unspecified atom stereocenters. The van der Waals surface area contributed by atoms with Crippen LogP contribution in [-0.2, 0) is 12.8 Å². The first-order chi connectivity index (χ1) is 13.2. The van der Waals surface area contributed by atoms with E-state index in [0.29, 0.717) is 6.42 Å². The van der Waals surface area contributed by atoms with Crippen LogP contribution in [0.1, 0.15) is 41.6 Å². The molecule has 136 valence electrons. The molecule has 0 aliphatic carbocycles. The molecule has 0 spiro atoms. The molecule has 2 aromatic carbocycles. The Labute approximate surface area is 157 Å². The van der Waals surface area contributed by atoms with Crippen LogP contribution in [-0.4, -0.2) is 22.2 Å². The van der Waals surface area contributed by atoms with E-state index in [1.165, 1.54) is 0 Å². The summed E-state index contributed by atoms with van der Waals surface area (Å²) in [5, 5.41) is 5.02. The number of imidazole rings is 1. The normalized spacial score (nSPS) is 14.3. The summed E-state index contributed by atoms with van der Waals surface area (Å²) < 4.78 is 13.2. The van der Waals surface area contributed by atoms with Crippen LogP contribution < -0.4 is 15.2 Å². The van der Waals surface area contributed by atoms with Gasteiger partial charge in [-0.2, -0.15) is 5.10 Å². The van der Waals surface area contributed by atoms with Gasteiger partial charge in [0, 0.05) is 23.2 Å². The highest BCUT2D eigenvalue weighted by Crippen LogP contribution is 2.37. The quantitative estimate of drug-likeness (QED) is 0.569. The number of nitrogens with zero attached hydrogens (tertiary/aromatic N) is 3. The highest BCUT2D eigenvalue weighted by molar-refractivity contribution is 6.14. The average Bonchev–Trinajstić information content (AvgIpc) is 3.24. The molecule has 6 heteroatoms. The van der Waals surface area contributed by atoms with Gasteiger partial charge < -0.3 is 15.2 Å². The predicted octanol–water partition coefficient (Wildman–Crippen LogP) is 3.35. The third kappa shape index (κ3) is 2.65. The van der Waals surface area contributed by atoms with Crippen molar-refractivity contribution in [2.45, 2.75) is 26.2 Å². The lowest BCUT2D eigenvalue weighted by molar-refractivity contribution is 0.174. The topological polar surface area (TPSA) is 74.7 Å². The number of hydrogen-bond donors (Lipinski definition) is 1. The van der Waals surface area contributed by atoms with Crippen molar-refractivity contribution in [3.05, 3.63) is 70.8 Å². The van der Waals surface area contributed by atoms with E-state index in [-0.39, 0.29) is 6.79 Å². The summed E-state index contributed by atoms with van der Waals surface area (Å²) in [5.41, 5.74) is 11.8. The molecule has 27 heavy (non-hydrogen) atoms. The maximum Gasteiger partial charge on any atom is 0.231 e. The van der Waals surface area contributed by atoms with Crippen molar-refractivity contribution >= 4 is 11.4 Å². The summed E-state index contributed by atoms with van der Waals surface area (Å²) in [6.07, 6.45) is 4.60. The van der Waals surface area contributed by atoms with Gasteiger partial charge in [-0.15, -0.1) is 0 Å². The molecule has 0 bridgehead atoms. The van der Waals surface area contributed by atoms with E-state index in [1.54, 1.807) is 0 Å². The number of ether oxygens (including phenoxy) is 2. The van der Waals surface area contributed by atoms with Crippen molar-refractivity contribution in [1.82, 2.24) is 9.66 Å². The van der Waals surface area contributed by atoms with Crippen LogP contribution in [0.15, 0.2) is 47.7 Å². The molecule has 6 nitrogen and oxygen atoms in total. The maximum atomic E-state index is 5.89. The van der Waals surface area contributed by atoms with E-state index in [0.717, 1.165) is 63.9 Å². The van der Waals surface area contributed by atoms with Crippen molar-refractivity contribution < 1.29 is 9.47 Å². The fourth-order valence-electron chi connectivity index (χ4n) is 3.62. The van der Waals surface area contributed by atoms with Gasteiger partial charge in [0.1, 0.15) is 5.82 Å². The molecule has 0 amide bonds. The minimum atomic E-state index is 0.252. The summed E-state index contributed by atoms with van der Waals surface area (Å²) >= 11 is 0. The Morgan fingerprint density at radius 1 is 1.11 bits per heavy atom. The third-order valence-corrected chi connectivity index (χ3v) is 4.97. The summed E-state index contributed by atoms with van der Waals surface area (Å²) in [7, 11) is 0. The highest BCUT2D eigenvalue weighted by Gasteiger charge is 2.25. The van der Waals surface area contributed by atoms with Crippen LogP contribution in [0.5, 0.6) is 11.5 Å². The number of nitrogen functional groups attached to an aromatic ring is 1. The van der Waals surface area contributed by atoms with Gasteiger partial charge in [-0.25, -0.2) is 9.66 Å². The molecular formula is C21H20N4O2. The summed E-state index contributed by atoms with van der Waals surface area (Å²) in [4.78, 5) is 4.63. The Kier molecular flexibility index (Phi) is 3.63. The summed E-state index contributed by atoms with van der Waals surface area (Å²) in [6.45, 7) is 2.41. The van der Waals surface area contributed by atoms with Crippen LogP contribution in [0.4, 0.5) is 5.69 Å². The Balaban J connectivity index is 1.74. The third-order valence-electron chi connectivity index (χ3n) is 4.97. The fourth-order valence-corrected chi connectivity index (χ4v) is 3.62. The van der Waals surface area contributed by atoms with Crippen LogP contribution in [0, 0.1) is 0 Å². The zero-order valence-corrected chi connectivity index (χ0v) is 15.1. The van der Waals surface area contributed by atoms with Gasteiger partial charge in [-0.3, -0.25) is 0 Å². The van der Waals surface area contributed by atoms with Gasteiger partial charge >= 0.3 is 0 Å². The van der Waals surface area contributed by atoms with Crippen molar-refractivity contribution in [3.8, 4) is 11.5 Å². The lowest BCUT2D eigenvalue weighted by Crippen LogP contribution is -2.08. The number of rotatable bonds is 3. The van der Waals surface area contributed by atoms with E-state index in [4.69, 9.17) is 20.3 Å². The number of nitrogens with two attached hydrogens (primary N) is 1. The Bertz CT molecular complexity index is 1050. The molecule has 2 aliphatic rings. The zero-order chi connectivity index (χ0) is 18.4. The first-order valence-electron chi connectivity index (χ1n) is 9.16. The van der Waals surface area contributed by atoms with Crippen LogP contribution >= 0.6 is 0 Å². The minimum Gasteiger partial charge on any atom is -0.454 e. The van der Waals surface area contributed by atoms with Gasteiger partial charge in [0.15, 0.2) is 11.5 Å². The SMILES string of the molecule is CCCc1cnc2n1N=C(c1ccc(N)cc1)c1cc3c(cc1C2)OCO3. The number of hydrogen-bond acceptors (Lipinski definition) is 5. The highest BCUT2D eigenvalue weighted by atomic mass is 16.7. The van der Waals surface area contributed by atoms with E-state index in [1.807, 2.05) is 47.3 Å². The summed E-state index contributed by atoms with van der Waals surface area (Å²) in [5.74, 6) is 2.47. The first-order valence-corrected chi connectivity index (χ1v) is 9.16. The lowest BCUT2D eigenvalue weighted by atomic mass is 9.95. The van der Waals surface area contributed by atoms with E-state index in [9.17, 15) is 0 Å². The van der Waals surface area contributed by atoms with Crippen LogP contribution in [0.25, 0.3) is 0 Å². The Morgan fingerprint density at radius 3 is 2.67 bits per heavy atom. The smallest absolute Gasteiger partial charge is 0.231 e. The van der Waals surface area contributed by atoms with Crippen molar-refractivity contribution in [2.75, 3.05) is 12.5 Å². The van der Waals surface area contributed by atoms with Gasteiger partial charge in [-0.05, 0) is 36.2 Å². The van der Waals surface area contributed by atoms with E-state index < -0.39 is 0 Å². The molecule has 1 aromatic heterocycles. The van der Waals surface area contributed by atoms with Crippen LogP contribution in [0.3, 0.4) is 0 Å². The van der Waals surface area contributed by atoms with Gasteiger partial charge in [0.05, 0.1) is 17.6 Å². The summed E-state index contributed by atoms with van der Waals surface area (Å²) in [6, 6.07) is 11.9. The number of aryl methyl sites for hydroxylation is 1. The Morgan fingerprint density at radius 2 is 1.89 bits per heavy atom. The molecule has 2 N–H and O–H groups in total. The number of fused-ring (bicyclic) bond motifs is 3. The molecule has 0 atom stereocenters. The number of aromatic nitrogens is 2. The zero-order valence-electron chi connectivity index (χ0n) is 15.1. The molecule has 0 saturated heterocycles. The maximum absolute atomic E-state index is 5.89. The second kappa shape index (κ2) is 6.16. The largest absolute Gasteiger partial charge is 0.454 e. The van der Waals surface area contributed by atoms with Crippen molar-refractivity contribution in [3.63, 3.8) is 0 Å². The lowest BCUT2D eigenvalue weighted by Gasteiger charge is -2.11. The van der Waals surface area contributed by atoms with E-state index in [2.05, 4.69) is 11.9 Å². The minimum absolute atomic E-state index is 0.252. The molecule has 0 saturated carbocycles. The monoisotopic (exact) mass is 360 g/mol. The molecule has 3 heterocycles. The van der Waals surface area contributed by atoms with Gasteiger partial charge in [0.25, 0.3) is 0 Å². The second-order valence-electron chi connectivity index (χ2n) is 6.84. The van der Waals surface area contributed by atoms with Crippen LogP contribution in [0.2, 0.25) is 0 Å². The second-order valence-corrected chi connectivity index (χ2v) is 6.84. The average molecular weight is 360 g/mol. The standard InChI is InChI=1S/C21H20N4O2/c1-2-3-16-11-23-20-9-14-8-18-19(27-12-26-18)10-17(14)21(24-25(16)20)13-4-6-15(22)7-5-13/h4-8,10-11H,2-3,9,12,22H2,1H3. The Hall–Kier alpha value is -3.28. The molecule has 3 aromatic rings. The number of anilines is 1. The molecule has 0 radical (unpaired) electrons. The van der Waals surface area contributed by atoms with Gasteiger partial charge in [0.2, 0.25) is 6.79 Å². The first kappa shape index (κ1) is 15.9. The molecular weight excluding hydrogens is 340 g/mol. The number of benzene rings is 2. The fraction of sp³-hybridized carbons (Fsp3) is 0.238.